The van der Waals surface area contributed by atoms with Gasteiger partial charge < -0.3 is 5.73 Å². The van der Waals surface area contributed by atoms with Crippen molar-refractivity contribution in [2.45, 2.75) is 32.9 Å². The number of carbonyl (C=O) groups excluding carboxylic acids is 1. The summed E-state index contributed by atoms with van der Waals surface area (Å²) < 4.78 is 1.78. The molecule has 1 atom stereocenters. The molecule has 0 aliphatic carbocycles. The summed E-state index contributed by atoms with van der Waals surface area (Å²) in [6, 6.07) is 8.77. The summed E-state index contributed by atoms with van der Waals surface area (Å²) in [5.41, 5.74) is 6.83. The number of carbonyl (C=O) groups is 1. The first-order valence-electron chi connectivity index (χ1n) is 6.78. The van der Waals surface area contributed by atoms with Crippen LogP contribution in [0.25, 0.3) is 0 Å². The highest BCUT2D eigenvalue weighted by Crippen LogP contribution is 2.13. The van der Waals surface area contributed by atoms with Crippen molar-refractivity contribution < 1.29 is 4.79 Å². The van der Waals surface area contributed by atoms with Gasteiger partial charge in [0.25, 0.3) is 0 Å². The van der Waals surface area contributed by atoms with Gasteiger partial charge in [-0.05, 0) is 11.5 Å². The van der Waals surface area contributed by atoms with Crippen molar-refractivity contribution in [2.24, 2.45) is 11.7 Å². The Labute approximate surface area is 118 Å². The lowest BCUT2D eigenvalue weighted by Gasteiger charge is -2.12. The van der Waals surface area contributed by atoms with Gasteiger partial charge in [0.1, 0.15) is 12.2 Å². The third kappa shape index (κ3) is 3.51. The predicted octanol–water partition coefficient (Wildman–Crippen LogP) is 1.75. The zero-order valence-electron chi connectivity index (χ0n) is 11.9. The number of rotatable bonds is 6. The number of nitrogens with two attached hydrogens (primary N) is 1. The minimum Gasteiger partial charge on any atom is -0.318 e. The van der Waals surface area contributed by atoms with E-state index in [9.17, 15) is 4.79 Å². The Kier molecular flexibility index (Phi) is 4.63. The smallest absolute Gasteiger partial charge is 0.161 e. The predicted molar refractivity (Wildman–Crippen MR) is 76.9 cm³/mol. The fourth-order valence-corrected chi connectivity index (χ4v) is 2.04. The van der Waals surface area contributed by atoms with E-state index in [2.05, 4.69) is 23.9 Å². The van der Waals surface area contributed by atoms with E-state index in [1.165, 1.54) is 6.33 Å². The number of aromatic nitrogens is 3. The van der Waals surface area contributed by atoms with Crippen LogP contribution >= 0.6 is 0 Å². The van der Waals surface area contributed by atoms with Crippen molar-refractivity contribution in [3.05, 3.63) is 48.0 Å². The third-order valence-corrected chi connectivity index (χ3v) is 3.07. The van der Waals surface area contributed by atoms with E-state index in [-0.39, 0.29) is 12.2 Å². The van der Waals surface area contributed by atoms with Crippen LogP contribution in [0.15, 0.2) is 36.7 Å². The second kappa shape index (κ2) is 6.43. The van der Waals surface area contributed by atoms with Crippen LogP contribution in [0.1, 0.15) is 31.3 Å². The molecule has 0 saturated carbocycles. The maximum Gasteiger partial charge on any atom is 0.161 e. The molecule has 1 aromatic carbocycles. The third-order valence-electron chi connectivity index (χ3n) is 3.07. The van der Waals surface area contributed by atoms with Gasteiger partial charge in [0.2, 0.25) is 0 Å². The van der Waals surface area contributed by atoms with E-state index in [1.54, 1.807) is 4.68 Å². The minimum atomic E-state index is -0.611. The molecular weight excluding hydrogens is 252 g/mol. The number of benzene rings is 1. The highest BCUT2D eigenvalue weighted by molar-refractivity contribution is 5.86. The second-order valence-electron chi connectivity index (χ2n) is 5.28. The first-order valence-corrected chi connectivity index (χ1v) is 6.78. The standard InChI is InChI=1S/C15H20N4O/c1-11(2)9-19-14(17-10-18-19)8-13(20)15(16)12-6-4-3-5-7-12/h3-7,10-11,15H,8-9,16H2,1-2H3/t15-/m1/s1. The molecular formula is C15H20N4O. The zero-order valence-corrected chi connectivity index (χ0v) is 11.9. The van der Waals surface area contributed by atoms with Crippen molar-refractivity contribution in [3.8, 4) is 0 Å². The van der Waals surface area contributed by atoms with E-state index >= 15 is 0 Å². The molecule has 106 valence electrons. The topological polar surface area (TPSA) is 73.8 Å². The normalized spacial score (nSPS) is 12.6. The Morgan fingerprint density at radius 3 is 2.65 bits per heavy atom. The van der Waals surface area contributed by atoms with E-state index < -0.39 is 6.04 Å². The molecule has 0 bridgehead atoms. The molecule has 0 amide bonds. The maximum atomic E-state index is 12.2. The Morgan fingerprint density at radius 2 is 2.00 bits per heavy atom. The lowest BCUT2D eigenvalue weighted by Crippen LogP contribution is -2.25. The largest absolute Gasteiger partial charge is 0.318 e. The summed E-state index contributed by atoms with van der Waals surface area (Å²) >= 11 is 0. The van der Waals surface area contributed by atoms with E-state index in [0.29, 0.717) is 11.7 Å². The van der Waals surface area contributed by atoms with Gasteiger partial charge in [-0.25, -0.2) is 9.67 Å². The van der Waals surface area contributed by atoms with Crippen molar-refractivity contribution in [2.75, 3.05) is 0 Å². The van der Waals surface area contributed by atoms with Crippen LogP contribution in [0.5, 0.6) is 0 Å². The Balaban J connectivity index is 2.07. The van der Waals surface area contributed by atoms with Gasteiger partial charge in [-0.15, -0.1) is 0 Å². The molecule has 20 heavy (non-hydrogen) atoms. The van der Waals surface area contributed by atoms with Crippen molar-refractivity contribution in [1.29, 1.82) is 0 Å². The number of nitrogens with zero attached hydrogens (tertiary/aromatic N) is 3. The second-order valence-corrected chi connectivity index (χ2v) is 5.28. The lowest BCUT2D eigenvalue weighted by atomic mass is 10.0. The molecule has 0 aliphatic heterocycles. The summed E-state index contributed by atoms with van der Waals surface area (Å²) in [6.07, 6.45) is 1.70. The van der Waals surface area contributed by atoms with Crippen LogP contribution < -0.4 is 5.73 Å². The van der Waals surface area contributed by atoms with Gasteiger partial charge in [-0.2, -0.15) is 5.10 Å². The number of hydrogen-bond acceptors (Lipinski definition) is 4. The quantitative estimate of drug-likeness (QED) is 0.869. The SMILES string of the molecule is CC(C)Cn1ncnc1CC(=O)[C@H](N)c1ccccc1. The number of hydrogen-bond donors (Lipinski definition) is 1. The summed E-state index contributed by atoms with van der Waals surface area (Å²) in [7, 11) is 0. The van der Waals surface area contributed by atoms with E-state index in [1.807, 2.05) is 30.3 Å². The first-order chi connectivity index (χ1) is 9.58. The highest BCUT2D eigenvalue weighted by atomic mass is 16.1. The van der Waals surface area contributed by atoms with Crippen LogP contribution in [0, 0.1) is 5.92 Å². The molecule has 1 heterocycles. The molecule has 5 heteroatoms. The van der Waals surface area contributed by atoms with E-state index in [4.69, 9.17) is 5.73 Å². The van der Waals surface area contributed by atoms with Crippen LogP contribution in [0.4, 0.5) is 0 Å². The number of ketones is 1. The monoisotopic (exact) mass is 272 g/mol. The van der Waals surface area contributed by atoms with Crippen molar-refractivity contribution >= 4 is 5.78 Å². The Bertz CT molecular complexity index is 562. The molecule has 2 N–H and O–H groups in total. The fourth-order valence-electron chi connectivity index (χ4n) is 2.04. The maximum absolute atomic E-state index is 12.2. The van der Waals surface area contributed by atoms with Crippen LogP contribution in [-0.2, 0) is 17.8 Å². The first kappa shape index (κ1) is 14.4. The molecule has 0 saturated heterocycles. The van der Waals surface area contributed by atoms with Gasteiger partial charge in [-0.3, -0.25) is 4.79 Å². The molecule has 1 aromatic heterocycles. The summed E-state index contributed by atoms with van der Waals surface area (Å²) in [5, 5.41) is 4.15. The lowest BCUT2D eigenvalue weighted by molar-refractivity contribution is -0.119. The van der Waals surface area contributed by atoms with Crippen LogP contribution in [0.3, 0.4) is 0 Å². The average Bonchev–Trinajstić information content (AvgIpc) is 2.85. The van der Waals surface area contributed by atoms with Crippen LogP contribution in [-0.4, -0.2) is 20.5 Å². The Hall–Kier alpha value is -2.01. The van der Waals surface area contributed by atoms with Gasteiger partial charge in [-0.1, -0.05) is 44.2 Å². The average molecular weight is 272 g/mol. The molecule has 0 spiro atoms. The van der Waals surface area contributed by atoms with Gasteiger partial charge in [0, 0.05) is 6.54 Å². The zero-order chi connectivity index (χ0) is 14.5. The van der Waals surface area contributed by atoms with Gasteiger partial charge in [0.05, 0.1) is 12.5 Å². The molecule has 2 aromatic rings. The molecule has 0 unspecified atom stereocenters. The molecule has 0 radical (unpaired) electrons. The fraction of sp³-hybridized carbons (Fsp3) is 0.400. The molecule has 5 nitrogen and oxygen atoms in total. The van der Waals surface area contributed by atoms with Crippen LogP contribution in [0.2, 0.25) is 0 Å². The van der Waals surface area contributed by atoms with Gasteiger partial charge >= 0.3 is 0 Å². The van der Waals surface area contributed by atoms with Gasteiger partial charge in [0.15, 0.2) is 5.78 Å². The summed E-state index contributed by atoms with van der Waals surface area (Å²) in [6.45, 7) is 4.95. The Morgan fingerprint density at radius 1 is 1.30 bits per heavy atom. The van der Waals surface area contributed by atoms with E-state index in [0.717, 1.165) is 12.1 Å². The summed E-state index contributed by atoms with van der Waals surface area (Å²) in [4.78, 5) is 16.4. The number of Topliss-reactive ketones (excluding diaryl/α,β-unsaturated/α-hetero) is 1. The van der Waals surface area contributed by atoms with Crippen molar-refractivity contribution in [1.82, 2.24) is 14.8 Å². The molecule has 2 rings (SSSR count). The summed E-state index contributed by atoms with van der Waals surface area (Å²) in [5.74, 6) is 1.08. The molecule has 0 aliphatic rings. The minimum absolute atomic E-state index is 0.0470. The highest BCUT2D eigenvalue weighted by Gasteiger charge is 2.18. The van der Waals surface area contributed by atoms with Crippen molar-refractivity contribution in [3.63, 3.8) is 0 Å². The molecule has 0 fully saturated rings.